The first-order valence-electron chi connectivity index (χ1n) is 8.63. The first-order chi connectivity index (χ1) is 13.5. The van der Waals surface area contributed by atoms with E-state index in [1.807, 2.05) is 6.07 Å². The van der Waals surface area contributed by atoms with Crippen LogP contribution in [0, 0.1) is 5.82 Å². The summed E-state index contributed by atoms with van der Waals surface area (Å²) in [5.74, 6) is -0.302. The lowest BCUT2D eigenvalue weighted by Gasteiger charge is -2.09. The zero-order valence-electron chi connectivity index (χ0n) is 15.2. The Labute approximate surface area is 161 Å². The Bertz CT molecular complexity index is 990. The summed E-state index contributed by atoms with van der Waals surface area (Å²) in [5.41, 5.74) is 2.20. The van der Waals surface area contributed by atoms with Crippen molar-refractivity contribution in [2.45, 2.75) is 13.5 Å². The van der Waals surface area contributed by atoms with Gasteiger partial charge in [-0.05, 0) is 36.4 Å². The van der Waals surface area contributed by atoms with Crippen LogP contribution in [-0.4, -0.2) is 16.8 Å². The molecule has 3 rings (SSSR count). The van der Waals surface area contributed by atoms with Crippen molar-refractivity contribution in [3.05, 3.63) is 83.8 Å². The third-order valence-corrected chi connectivity index (χ3v) is 3.88. The Balaban J connectivity index is 1.61. The van der Waals surface area contributed by atoms with E-state index in [9.17, 15) is 14.0 Å². The highest BCUT2D eigenvalue weighted by atomic mass is 19.1. The van der Waals surface area contributed by atoms with E-state index in [1.54, 1.807) is 48.5 Å². The van der Waals surface area contributed by atoms with Gasteiger partial charge in [-0.1, -0.05) is 24.3 Å². The van der Waals surface area contributed by atoms with Crippen molar-refractivity contribution < 1.29 is 14.0 Å². The molecular formula is C21H19FN4O2. The van der Waals surface area contributed by atoms with Gasteiger partial charge in [0.05, 0.1) is 5.56 Å². The molecule has 0 spiro atoms. The molecule has 2 amide bonds. The largest absolute Gasteiger partial charge is 0.348 e. The quantitative estimate of drug-likeness (QED) is 0.608. The van der Waals surface area contributed by atoms with E-state index in [2.05, 4.69) is 20.9 Å². The summed E-state index contributed by atoms with van der Waals surface area (Å²) in [6.45, 7) is 1.54. The van der Waals surface area contributed by atoms with Gasteiger partial charge in [0, 0.05) is 36.6 Å². The fourth-order valence-electron chi connectivity index (χ4n) is 2.55. The van der Waals surface area contributed by atoms with Crippen LogP contribution in [0.5, 0.6) is 0 Å². The number of carbonyl (C=O) groups excluding carboxylic acids is 2. The number of anilines is 3. The van der Waals surface area contributed by atoms with Gasteiger partial charge in [-0.3, -0.25) is 9.59 Å². The van der Waals surface area contributed by atoms with Crippen LogP contribution < -0.4 is 16.0 Å². The Morgan fingerprint density at radius 1 is 1.00 bits per heavy atom. The summed E-state index contributed by atoms with van der Waals surface area (Å²) in [5, 5.41) is 8.48. The molecule has 0 aliphatic heterocycles. The Hall–Kier alpha value is -3.74. The molecule has 1 heterocycles. The number of nitrogens with zero attached hydrogens (tertiary/aromatic N) is 1. The fraction of sp³-hybridized carbons (Fsp3) is 0.0952. The molecule has 28 heavy (non-hydrogen) atoms. The van der Waals surface area contributed by atoms with E-state index < -0.39 is 0 Å². The first kappa shape index (κ1) is 19.0. The van der Waals surface area contributed by atoms with Crippen LogP contribution in [0.1, 0.15) is 22.8 Å². The van der Waals surface area contributed by atoms with Crippen molar-refractivity contribution in [3.63, 3.8) is 0 Å². The highest BCUT2D eigenvalue weighted by molar-refractivity contribution is 5.94. The van der Waals surface area contributed by atoms with E-state index in [4.69, 9.17) is 0 Å². The number of halogens is 1. The molecule has 0 fully saturated rings. The van der Waals surface area contributed by atoms with E-state index >= 15 is 0 Å². The number of benzene rings is 2. The van der Waals surface area contributed by atoms with Crippen molar-refractivity contribution >= 4 is 29.0 Å². The summed E-state index contributed by atoms with van der Waals surface area (Å²) in [7, 11) is 0. The molecule has 0 aliphatic carbocycles. The summed E-state index contributed by atoms with van der Waals surface area (Å²) in [6.07, 6.45) is 1.44. The second-order valence-electron chi connectivity index (χ2n) is 6.09. The minimum Gasteiger partial charge on any atom is -0.348 e. The van der Waals surface area contributed by atoms with Crippen LogP contribution in [0.2, 0.25) is 0 Å². The molecule has 0 aliphatic rings. The number of nitrogens with one attached hydrogen (secondary N) is 3. The smallest absolute Gasteiger partial charge is 0.253 e. The molecule has 7 heteroatoms. The van der Waals surface area contributed by atoms with Gasteiger partial charge in [-0.2, -0.15) is 0 Å². The topological polar surface area (TPSA) is 83.1 Å². The molecule has 2 aromatic carbocycles. The number of pyridine rings is 1. The summed E-state index contributed by atoms with van der Waals surface area (Å²) in [6, 6.07) is 16.8. The normalized spacial score (nSPS) is 10.2. The minimum absolute atomic E-state index is 0.0987. The third kappa shape index (κ3) is 5.14. The zero-order valence-corrected chi connectivity index (χ0v) is 15.2. The van der Waals surface area contributed by atoms with Crippen molar-refractivity contribution in [2.24, 2.45) is 0 Å². The Morgan fingerprint density at radius 3 is 2.50 bits per heavy atom. The molecule has 6 nitrogen and oxygen atoms in total. The molecule has 1 aromatic heterocycles. The summed E-state index contributed by atoms with van der Waals surface area (Å²) < 4.78 is 13.6. The van der Waals surface area contributed by atoms with Gasteiger partial charge >= 0.3 is 0 Å². The van der Waals surface area contributed by atoms with Gasteiger partial charge in [-0.15, -0.1) is 0 Å². The van der Waals surface area contributed by atoms with Crippen molar-refractivity contribution in [1.82, 2.24) is 10.3 Å². The molecule has 0 bridgehead atoms. The second-order valence-corrected chi connectivity index (χ2v) is 6.09. The molecule has 0 saturated carbocycles. The van der Waals surface area contributed by atoms with Crippen molar-refractivity contribution in [1.29, 1.82) is 0 Å². The van der Waals surface area contributed by atoms with Gasteiger partial charge in [0.15, 0.2) is 0 Å². The number of amides is 2. The minimum atomic E-state index is -0.359. The number of carbonyl (C=O) groups is 2. The number of hydrogen-bond donors (Lipinski definition) is 3. The predicted octanol–water partition coefficient (Wildman–Crippen LogP) is 3.85. The van der Waals surface area contributed by atoms with Crippen molar-refractivity contribution in [3.8, 4) is 0 Å². The maximum Gasteiger partial charge on any atom is 0.253 e. The van der Waals surface area contributed by atoms with Crippen molar-refractivity contribution in [2.75, 3.05) is 10.6 Å². The van der Waals surface area contributed by atoms with Gasteiger partial charge in [0.25, 0.3) is 5.91 Å². The van der Waals surface area contributed by atoms with Crippen LogP contribution in [0.3, 0.4) is 0 Å². The molecule has 0 unspecified atom stereocenters. The molecular weight excluding hydrogens is 359 g/mol. The van der Waals surface area contributed by atoms with Gasteiger partial charge in [0.2, 0.25) is 5.91 Å². The van der Waals surface area contributed by atoms with Crippen LogP contribution in [-0.2, 0) is 11.3 Å². The average molecular weight is 378 g/mol. The Kier molecular flexibility index (Phi) is 5.96. The lowest BCUT2D eigenvalue weighted by atomic mass is 10.2. The van der Waals surface area contributed by atoms with Crippen LogP contribution in [0.15, 0.2) is 66.9 Å². The van der Waals surface area contributed by atoms with Gasteiger partial charge in [0.1, 0.15) is 11.6 Å². The highest BCUT2D eigenvalue weighted by Gasteiger charge is 2.08. The average Bonchev–Trinajstić information content (AvgIpc) is 2.67. The summed E-state index contributed by atoms with van der Waals surface area (Å²) >= 11 is 0. The van der Waals surface area contributed by atoms with E-state index in [-0.39, 0.29) is 24.2 Å². The standard InChI is InChI=1S/C21H19FN4O2/c1-14(27)25-17-6-4-7-18(11-17)26-20-10-9-16(13-23-20)21(28)24-12-15-5-2-3-8-19(15)22/h2-11,13H,12H2,1H3,(H,23,26)(H,24,28)(H,25,27). The SMILES string of the molecule is CC(=O)Nc1cccc(Nc2ccc(C(=O)NCc3ccccc3F)cn2)c1. The fourth-order valence-corrected chi connectivity index (χ4v) is 2.55. The van der Waals surface area contributed by atoms with Crippen LogP contribution in [0.25, 0.3) is 0 Å². The third-order valence-electron chi connectivity index (χ3n) is 3.88. The number of aromatic nitrogens is 1. The molecule has 3 N–H and O–H groups in total. The van der Waals surface area contributed by atoms with Crippen LogP contribution in [0.4, 0.5) is 21.6 Å². The molecule has 0 saturated heterocycles. The first-order valence-corrected chi connectivity index (χ1v) is 8.63. The Morgan fingerprint density at radius 2 is 1.79 bits per heavy atom. The number of rotatable bonds is 6. The van der Waals surface area contributed by atoms with Gasteiger partial charge in [-0.25, -0.2) is 9.37 Å². The second kappa shape index (κ2) is 8.77. The molecule has 0 radical (unpaired) electrons. The van der Waals surface area contributed by atoms with E-state index in [0.717, 1.165) is 5.69 Å². The lowest BCUT2D eigenvalue weighted by molar-refractivity contribution is -0.114. The van der Waals surface area contributed by atoms with Crippen LogP contribution >= 0.6 is 0 Å². The molecule has 0 atom stereocenters. The van der Waals surface area contributed by atoms with E-state index in [0.29, 0.717) is 22.6 Å². The molecule has 3 aromatic rings. The summed E-state index contributed by atoms with van der Waals surface area (Å²) in [4.78, 5) is 27.6. The van der Waals surface area contributed by atoms with Gasteiger partial charge < -0.3 is 16.0 Å². The highest BCUT2D eigenvalue weighted by Crippen LogP contribution is 2.19. The van der Waals surface area contributed by atoms with E-state index in [1.165, 1.54) is 19.2 Å². The lowest BCUT2D eigenvalue weighted by Crippen LogP contribution is -2.23. The monoisotopic (exact) mass is 378 g/mol. The maximum atomic E-state index is 13.6. The zero-order chi connectivity index (χ0) is 19.9. The molecule has 142 valence electrons. The predicted molar refractivity (Wildman–Crippen MR) is 106 cm³/mol. The maximum absolute atomic E-state index is 13.6. The number of hydrogen-bond acceptors (Lipinski definition) is 4.